The third-order valence-corrected chi connectivity index (χ3v) is 8.90. The Hall–Kier alpha value is -3.78. The van der Waals surface area contributed by atoms with Gasteiger partial charge in [-0.25, -0.2) is 4.79 Å². The van der Waals surface area contributed by atoms with Crippen LogP contribution in [0.2, 0.25) is 0 Å². The van der Waals surface area contributed by atoms with Gasteiger partial charge in [0.05, 0.1) is 0 Å². The van der Waals surface area contributed by atoms with Crippen molar-refractivity contribution in [2.45, 2.75) is 116 Å². The number of aliphatic hydroxyl groups is 1. The lowest BCUT2D eigenvalue weighted by atomic mass is 9.55. The van der Waals surface area contributed by atoms with Gasteiger partial charge in [-0.3, -0.25) is 24.0 Å². The number of hydrogen-bond donors (Lipinski definition) is 1. The highest BCUT2D eigenvalue weighted by Gasteiger charge is 2.88. The molecule has 1 spiro atoms. The molecule has 11 atom stereocenters. The van der Waals surface area contributed by atoms with Gasteiger partial charge in [-0.2, -0.15) is 0 Å². The molecule has 0 aromatic heterocycles. The minimum atomic E-state index is -2.12. The number of esters is 6. The number of ether oxygens (including phenoxy) is 7. The average Bonchev–Trinajstić information content (AvgIpc) is 3.46. The van der Waals surface area contributed by atoms with Crippen molar-refractivity contribution in [2.24, 2.45) is 11.3 Å². The molecule has 2 aliphatic heterocycles. The molecule has 242 valence electrons. The Morgan fingerprint density at radius 1 is 0.795 bits per heavy atom. The second-order valence-electron chi connectivity index (χ2n) is 12.3. The number of carbonyl (C=O) groups excluding carboxylic acids is 6. The van der Waals surface area contributed by atoms with E-state index >= 15 is 0 Å². The van der Waals surface area contributed by atoms with E-state index in [0.717, 1.165) is 34.6 Å². The Bertz CT molecular complexity index is 1350. The van der Waals surface area contributed by atoms with E-state index in [2.05, 4.69) is 0 Å². The summed E-state index contributed by atoms with van der Waals surface area (Å²) in [5.74, 6) is -6.17. The number of fused-ring (bicyclic) bond motifs is 1. The molecule has 0 radical (unpaired) electrons. The molecule has 4 aliphatic rings. The van der Waals surface area contributed by atoms with Crippen LogP contribution >= 0.6 is 0 Å². The summed E-state index contributed by atoms with van der Waals surface area (Å²) in [6.45, 7) is 11.5. The highest BCUT2D eigenvalue weighted by atomic mass is 16.7. The van der Waals surface area contributed by atoms with Crippen molar-refractivity contribution in [3.8, 4) is 0 Å². The van der Waals surface area contributed by atoms with E-state index in [1.165, 1.54) is 39.0 Å². The van der Waals surface area contributed by atoms with Crippen LogP contribution in [-0.4, -0.2) is 94.3 Å². The molecular formula is C30H38O14. The zero-order valence-electron chi connectivity index (χ0n) is 26.0. The van der Waals surface area contributed by atoms with Crippen molar-refractivity contribution in [3.05, 3.63) is 23.8 Å². The fourth-order valence-corrected chi connectivity index (χ4v) is 7.16. The van der Waals surface area contributed by atoms with Crippen molar-refractivity contribution >= 4 is 35.8 Å². The highest BCUT2D eigenvalue weighted by Crippen LogP contribution is 2.65. The molecule has 0 bridgehead atoms. The monoisotopic (exact) mass is 622 g/mol. The molecule has 2 saturated heterocycles. The number of rotatable bonds is 5. The maximum atomic E-state index is 13.2. The fourth-order valence-electron chi connectivity index (χ4n) is 7.16. The molecule has 14 nitrogen and oxygen atoms in total. The van der Waals surface area contributed by atoms with Gasteiger partial charge in [0.25, 0.3) is 0 Å². The Balaban J connectivity index is 2.14. The van der Waals surface area contributed by atoms with Crippen LogP contribution in [0, 0.1) is 11.3 Å². The number of epoxide rings is 1. The Kier molecular flexibility index (Phi) is 8.27. The summed E-state index contributed by atoms with van der Waals surface area (Å²) in [7, 11) is 0. The van der Waals surface area contributed by atoms with Crippen LogP contribution in [0.4, 0.5) is 0 Å². The van der Waals surface area contributed by atoms with Crippen LogP contribution in [0.15, 0.2) is 23.8 Å². The van der Waals surface area contributed by atoms with E-state index in [1.807, 2.05) is 0 Å². The lowest BCUT2D eigenvalue weighted by molar-refractivity contribution is -0.233. The van der Waals surface area contributed by atoms with Crippen LogP contribution in [0.5, 0.6) is 0 Å². The largest absolute Gasteiger partial charge is 0.459 e. The lowest BCUT2D eigenvalue weighted by Crippen LogP contribution is -2.69. The molecule has 1 N–H and O–H groups in total. The van der Waals surface area contributed by atoms with Crippen LogP contribution in [0.1, 0.15) is 62.3 Å². The van der Waals surface area contributed by atoms with Crippen LogP contribution in [0.25, 0.3) is 0 Å². The second kappa shape index (κ2) is 11.0. The molecule has 2 unspecified atom stereocenters. The third kappa shape index (κ3) is 5.17. The molecule has 0 aromatic carbocycles. The summed E-state index contributed by atoms with van der Waals surface area (Å²) < 4.78 is 40.4. The summed E-state index contributed by atoms with van der Waals surface area (Å²) in [4.78, 5) is 75.7. The van der Waals surface area contributed by atoms with E-state index < -0.39 is 101 Å². The summed E-state index contributed by atoms with van der Waals surface area (Å²) >= 11 is 0. The maximum absolute atomic E-state index is 13.2. The normalized spacial score (nSPS) is 43.4. The van der Waals surface area contributed by atoms with E-state index in [0.29, 0.717) is 0 Å². The fraction of sp³-hybridized carbons (Fsp3) is 0.667. The van der Waals surface area contributed by atoms with E-state index in [1.54, 1.807) is 6.92 Å². The van der Waals surface area contributed by atoms with Crippen LogP contribution in [0.3, 0.4) is 0 Å². The molecule has 2 heterocycles. The van der Waals surface area contributed by atoms with Gasteiger partial charge in [0.15, 0.2) is 35.6 Å². The van der Waals surface area contributed by atoms with Gasteiger partial charge in [0, 0.05) is 46.0 Å². The summed E-state index contributed by atoms with van der Waals surface area (Å²) in [5, 5.41) is 12.3. The van der Waals surface area contributed by atoms with Gasteiger partial charge < -0.3 is 38.3 Å². The first-order valence-electron chi connectivity index (χ1n) is 14.1. The molecule has 0 amide bonds. The lowest BCUT2D eigenvalue weighted by Gasteiger charge is -2.56. The topological polar surface area (TPSA) is 191 Å². The summed E-state index contributed by atoms with van der Waals surface area (Å²) in [6.07, 6.45) is -4.30. The molecule has 0 aromatic rings. The quantitative estimate of drug-likeness (QED) is 0.198. The summed E-state index contributed by atoms with van der Waals surface area (Å²) in [5.41, 5.74) is -6.96. The third-order valence-electron chi connectivity index (χ3n) is 8.90. The maximum Gasteiger partial charge on any atom is 0.342 e. The molecule has 14 heteroatoms. The standard InChI is InChI=1S/C30H38O14/c1-13-12-20-30(29(9,44-30)26(36)43-20)25(42-18(6)35)23-27(7,11-10-19(28(23,8)37)38-14(2)31)24(41-17(5)34)22(40-16(4)33)21(13)39-15(3)32/h10-12,19-25,37H,1-9H3/b13-12-/t19-,20+,21?,22-,23-,24+,25?,27+,28-,29+,30+/m1/s1. The highest BCUT2D eigenvalue weighted by molar-refractivity contribution is 5.89. The predicted octanol–water partition coefficient (Wildman–Crippen LogP) is 1.00. The van der Waals surface area contributed by atoms with Gasteiger partial charge >= 0.3 is 35.8 Å². The minimum Gasteiger partial charge on any atom is -0.459 e. The first-order valence-corrected chi connectivity index (χ1v) is 14.1. The Morgan fingerprint density at radius 3 is 1.82 bits per heavy atom. The van der Waals surface area contributed by atoms with Crippen molar-refractivity contribution in [3.63, 3.8) is 0 Å². The smallest absolute Gasteiger partial charge is 0.342 e. The zero-order chi connectivity index (χ0) is 33.2. The van der Waals surface area contributed by atoms with E-state index in [4.69, 9.17) is 33.2 Å². The van der Waals surface area contributed by atoms with Gasteiger partial charge in [-0.05, 0) is 38.5 Å². The van der Waals surface area contributed by atoms with Crippen LogP contribution in [-0.2, 0) is 61.9 Å². The van der Waals surface area contributed by atoms with Crippen molar-refractivity contribution in [1.82, 2.24) is 0 Å². The predicted molar refractivity (Wildman–Crippen MR) is 145 cm³/mol. The zero-order valence-corrected chi connectivity index (χ0v) is 26.0. The molecule has 0 saturated carbocycles. The molecule has 44 heavy (non-hydrogen) atoms. The Labute approximate surface area is 253 Å². The first kappa shape index (κ1) is 33.1. The SMILES string of the molecule is CC(=O)OC1/C(C)=C\[C@@H]2OC(=O)[C@]3(C)O[C@]23C(OC(C)=O)[C@H]2[C@](C)(O)[C@H](OC(C)=O)C=C[C@]2(C)[C@@H](OC(C)=O)[C@@H]1OC(C)=O. The van der Waals surface area contributed by atoms with Crippen molar-refractivity contribution < 1.29 is 67.0 Å². The minimum absolute atomic E-state index is 0.230. The van der Waals surface area contributed by atoms with Gasteiger partial charge in [0.2, 0.25) is 0 Å². The summed E-state index contributed by atoms with van der Waals surface area (Å²) in [6, 6.07) is 0. The van der Waals surface area contributed by atoms with Crippen molar-refractivity contribution in [1.29, 1.82) is 0 Å². The molecule has 4 rings (SSSR count). The average molecular weight is 623 g/mol. The molecular weight excluding hydrogens is 584 g/mol. The number of carbonyl (C=O) groups is 6. The van der Waals surface area contributed by atoms with Crippen molar-refractivity contribution in [2.75, 3.05) is 0 Å². The van der Waals surface area contributed by atoms with Gasteiger partial charge in [0.1, 0.15) is 17.8 Å². The Morgan fingerprint density at radius 2 is 1.32 bits per heavy atom. The molecule has 2 fully saturated rings. The second-order valence-corrected chi connectivity index (χ2v) is 12.3. The van der Waals surface area contributed by atoms with E-state index in [-0.39, 0.29) is 5.57 Å². The first-order chi connectivity index (χ1) is 20.2. The van der Waals surface area contributed by atoms with E-state index in [9.17, 15) is 33.9 Å². The van der Waals surface area contributed by atoms with Gasteiger partial charge in [-0.15, -0.1) is 0 Å². The van der Waals surface area contributed by atoms with Crippen LogP contribution < -0.4 is 0 Å². The number of hydrogen-bond acceptors (Lipinski definition) is 14. The van der Waals surface area contributed by atoms with Gasteiger partial charge in [-0.1, -0.05) is 13.0 Å². The molecule has 2 aliphatic carbocycles.